The predicted octanol–water partition coefficient (Wildman–Crippen LogP) is 1.78. The molecule has 1 fully saturated rings. The molecule has 0 aliphatic carbocycles. The zero-order valence-electron chi connectivity index (χ0n) is 10.6. The monoisotopic (exact) mass is 280 g/mol. The molecule has 0 radical (unpaired) electrons. The lowest BCUT2D eigenvalue weighted by Crippen LogP contribution is -2.48. The van der Waals surface area contributed by atoms with Gasteiger partial charge >= 0.3 is 0 Å². The van der Waals surface area contributed by atoms with Gasteiger partial charge in [0.2, 0.25) is 11.9 Å². The molecule has 2 heterocycles. The van der Waals surface area contributed by atoms with E-state index in [0.717, 1.165) is 24.1 Å². The van der Waals surface area contributed by atoms with E-state index in [0.29, 0.717) is 11.9 Å². The average Bonchev–Trinajstić information content (AvgIpc) is 2.68. The normalized spacial score (nSPS) is 16.5. The Morgan fingerprint density at radius 1 is 1.42 bits per heavy atom. The van der Waals surface area contributed by atoms with Gasteiger partial charge < -0.3 is 10.3 Å². The topological polar surface area (TPSA) is 69.8 Å². The summed E-state index contributed by atoms with van der Waals surface area (Å²) in [4.78, 5) is 19.5. The summed E-state index contributed by atoms with van der Waals surface area (Å²) in [5.74, 6) is 1.01. The maximum Gasteiger partial charge on any atom is 0.229 e. The van der Waals surface area contributed by atoms with Crippen molar-refractivity contribution in [3.8, 4) is 0 Å². The van der Waals surface area contributed by atoms with Crippen molar-refractivity contribution in [1.82, 2.24) is 15.3 Å². The third-order valence-electron chi connectivity index (χ3n) is 3.56. The van der Waals surface area contributed by atoms with E-state index in [1.165, 1.54) is 0 Å². The van der Waals surface area contributed by atoms with Gasteiger partial charge in [-0.1, -0.05) is 19.1 Å². The summed E-state index contributed by atoms with van der Waals surface area (Å²) in [7, 11) is 0. The zero-order valence-corrected chi connectivity index (χ0v) is 11.5. The molecule has 1 aliphatic rings. The third kappa shape index (κ3) is 2.72. The summed E-state index contributed by atoms with van der Waals surface area (Å²) in [6, 6.07) is 7.73. The first kappa shape index (κ1) is 13.8. The van der Waals surface area contributed by atoms with Crippen LogP contribution < -0.4 is 10.6 Å². The van der Waals surface area contributed by atoms with Gasteiger partial charge in [0.1, 0.15) is 0 Å². The number of carbonyl (C=O) groups is 1. The lowest BCUT2D eigenvalue weighted by molar-refractivity contribution is -0.121. The van der Waals surface area contributed by atoms with Crippen molar-refractivity contribution in [2.75, 3.05) is 18.4 Å². The van der Waals surface area contributed by atoms with E-state index in [4.69, 9.17) is 0 Å². The molecule has 102 valence electrons. The van der Waals surface area contributed by atoms with E-state index in [1.807, 2.05) is 31.2 Å². The third-order valence-corrected chi connectivity index (χ3v) is 3.56. The molecular formula is C13H17ClN4O. The van der Waals surface area contributed by atoms with E-state index in [2.05, 4.69) is 20.6 Å². The number of halogens is 1. The van der Waals surface area contributed by atoms with E-state index in [1.54, 1.807) is 0 Å². The van der Waals surface area contributed by atoms with Crippen molar-refractivity contribution in [3.05, 3.63) is 24.3 Å². The van der Waals surface area contributed by atoms with Gasteiger partial charge in [0.05, 0.1) is 11.0 Å². The number of H-pyrrole nitrogens is 1. The van der Waals surface area contributed by atoms with Gasteiger partial charge in [-0.05, 0) is 31.1 Å². The van der Waals surface area contributed by atoms with E-state index in [9.17, 15) is 4.79 Å². The van der Waals surface area contributed by atoms with Crippen molar-refractivity contribution in [3.63, 3.8) is 0 Å². The molecule has 3 N–H and O–H groups in total. The number of nitrogens with one attached hydrogen (secondary N) is 3. The molecule has 5 nitrogen and oxygen atoms in total. The molecular weight excluding hydrogens is 264 g/mol. The fourth-order valence-corrected chi connectivity index (χ4v) is 2.12. The van der Waals surface area contributed by atoms with E-state index < -0.39 is 0 Å². The minimum atomic E-state index is 0. The average molecular weight is 281 g/mol. The van der Waals surface area contributed by atoms with Gasteiger partial charge in [-0.3, -0.25) is 10.1 Å². The van der Waals surface area contributed by atoms with Gasteiger partial charge in [-0.2, -0.15) is 0 Å². The number of para-hydroxylation sites is 2. The fourth-order valence-electron chi connectivity index (χ4n) is 2.12. The van der Waals surface area contributed by atoms with Gasteiger partial charge in [0.15, 0.2) is 0 Å². The largest absolute Gasteiger partial charge is 0.324 e. The summed E-state index contributed by atoms with van der Waals surface area (Å²) >= 11 is 0. The minimum absolute atomic E-state index is 0. The highest BCUT2D eigenvalue weighted by Gasteiger charge is 2.29. The molecule has 0 saturated carbocycles. The van der Waals surface area contributed by atoms with Crippen molar-refractivity contribution in [1.29, 1.82) is 0 Å². The second-order valence-corrected chi connectivity index (χ2v) is 4.80. The van der Waals surface area contributed by atoms with Gasteiger partial charge in [-0.15, -0.1) is 12.4 Å². The van der Waals surface area contributed by atoms with Gasteiger partial charge in [0, 0.05) is 5.92 Å². The summed E-state index contributed by atoms with van der Waals surface area (Å²) in [5.41, 5.74) is 1.80. The number of amides is 1. The van der Waals surface area contributed by atoms with Crippen LogP contribution in [-0.2, 0) is 4.79 Å². The van der Waals surface area contributed by atoms with Crippen LogP contribution in [0, 0.1) is 11.8 Å². The van der Waals surface area contributed by atoms with Crippen molar-refractivity contribution < 1.29 is 4.79 Å². The molecule has 2 aromatic rings. The van der Waals surface area contributed by atoms with Crippen LogP contribution in [0.15, 0.2) is 24.3 Å². The van der Waals surface area contributed by atoms with E-state index in [-0.39, 0.29) is 24.2 Å². The van der Waals surface area contributed by atoms with Crippen LogP contribution >= 0.6 is 12.4 Å². The first-order valence-corrected chi connectivity index (χ1v) is 6.20. The number of hydrogen-bond acceptors (Lipinski definition) is 3. The number of anilines is 1. The first-order valence-electron chi connectivity index (χ1n) is 6.20. The molecule has 1 unspecified atom stereocenters. The molecule has 1 atom stereocenters. The summed E-state index contributed by atoms with van der Waals surface area (Å²) in [6.45, 7) is 3.81. The van der Waals surface area contributed by atoms with Crippen molar-refractivity contribution in [2.24, 2.45) is 11.8 Å². The molecule has 1 aromatic heterocycles. The molecule has 1 aromatic carbocycles. The van der Waals surface area contributed by atoms with Crippen LogP contribution in [0.5, 0.6) is 0 Å². The number of benzene rings is 1. The maximum atomic E-state index is 12.0. The number of imidazole rings is 1. The number of aromatic nitrogens is 2. The SMILES string of the molecule is CC(C(=O)Nc1nc2ccccc2[nH]1)C1CNC1.Cl. The second-order valence-electron chi connectivity index (χ2n) is 4.80. The maximum absolute atomic E-state index is 12.0. The Bertz CT molecular complexity index is 546. The number of hydrogen-bond donors (Lipinski definition) is 3. The molecule has 0 bridgehead atoms. The Labute approximate surface area is 117 Å². The number of nitrogens with zero attached hydrogens (tertiary/aromatic N) is 1. The Balaban J connectivity index is 0.00000133. The standard InChI is InChI=1S/C13H16N4O.ClH/c1-8(9-6-14-7-9)12(18)17-13-15-10-4-2-3-5-11(10)16-13;/h2-5,8-9,14H,6-7H2,1H3,(H2,15,16,17,18);1H. The highest BCUT2D eigenvalue weighted by atomic mass is 35.5. The molecule has 3 rings (SSSR count). The van der Waals surface area contributed by atoms with Crippen LogP contribution in [0.3, 0.4) is 0 Å². The van der Waals surface area contributed by atoms with Crippen LogP contribution in [0.2, 0.25) is 0 Å². The number of fused-ring (bicyclic) bond motifs is 1. The molecule has 6 heteroatoms. The zero-order chi connectivity index (χ0) is 12.5. The quantitative estimate of drug-likeness (QED) is 0.803. The van der Waals surface area contributed by atoms with Crippen LogP contribution in [0.25, 0.3) is 11.0 Å². The Morgan fingerprint density at radius 2 is 2.16 bits per heavy atom. The summed E-state index contributed by atoms with van der Waals surface area (Å²) < 4.78 is 0. The smallest absolute Gasteiger partial charge is 0.229 e. The van der Waals surface area contributed by atoms with Crippen LogP contribution in [0.1, 0.15) is 6.92 Å². The van der Waals surface area contributed by atoms with Gasteiger partial charge in [-0.25, -0.2) is 4.98 Å². The Hall–Kier alpha value is -1.59. The molecule has 19 heavy (non-hydrogen) atoms. The molecule has 1 saturated heterocycles. The van der Waals surface area contributed by atoms with E-state index >= 15 is 0 Å². The molecule has 0 spiro atoms. The second kappa shape index (κ2) is 5.59. The fraction of sp³-hybridized carbons (Fsp3) is 0.385. The lowest BCUT2D eigenvalue weighted by Gasteiger charge is -2.31. The number of rotatable bonds is 3. The van der Waals surface area contributed by atoms with Crippen LogP contribution in [0.4, 0.5) is 5.95 Å². The Kier molecular flexibility index (Phi) is 4.07. The van der Waals surface area contributed by atoms with Crippen LogP contribution in [-0.4, -0.2) is 29.0 Å². The first-order chi connectivity index (χ1) is 8.74. The molecule has 1 amide bonds. The number of aromatic amines is 1. The van der Waals surface area contributed by atoms with Crippen molar-refractivity contribution >= 4 is 35.3 Å². The lowest BCUT2D eigenvalue weighted by atomic mass is 9.88. The predicted molar refractivity (Wildman–Crippen MR) is 77.5 cm³/mol. The van der Waals surface area contributed by atoms with Gasteiger partial charge in [0.25, 0.3) is 0 Å². The summed E-state index contributed by atoms with van der Waals surface area (Å²) in [5, 5.41) is 6.03. The molecule has 1 aliphatic heterocycles. The van der Waals surface area contributed by atoms with Crippen molar-refractivity contribution in [2.45, 2.75) is 6.92 Å². The minimum Gasteiger partial charge on any atom is -0.324 e. The Morgan fingerprint density at radius 3 is 2.79 bits per heavy atom. The highest BCUT2D eigenvalue weighted by molar-refractivity contribution is 5.92. The summed E-state index contributed by atoms with van der Waals surface area (Å²) in [6.07, 6.45) is 0. The highest BCUT2D eigenvalue weighted by Crippen LogP contribution is 2.18. The number of carbonyl (C=O) groups excluding carboxylic acids is 1.